The quantitative estimate of drug-likeness (QED) is 0.836. The highest BCUT2D eigenvalue weighted by atomic mass is 19.1. The molecule has 1 saturated carbocycles. The first-order valence-corrected chi connectivity index (χ1v) is 8.34. The van der Waals surface area contributed by atoms with E-state index in [2.05, 4.69) is 9.88 Å². The molecule has 0 radical (unpaired) electrons. The fourth-order valence-corrected chi connectivity index (χ4v) is 4.02. The largest absolute Gasteiger partial charge is 0.338 e. The summed E-state index contributed by atoms with van der Waals surface area (Å²) in [7, 11) is 0. The highest BCUT2D eigenvalue weighted by Crippen LogP contribution is 2.39. The average molecular weight is 317 g/mol. The molecule has 5 nitrogen and oxygen atoms in total. The zero-order valence-corrected chi connectivity index (χ0v) is 12.9. The van der Waals surface area contributed by atoms with Crippen molar-refractivity contribution in [3.8, 4) is 0 Å². The maximum atomic E-state index is 13.3. The number of aromatic nitrogens is 1. The van der Waals surface area contributed by atoms with Gasteiger partial charge >= 0.3 is 0 Å². The van der Waals surface area contributed by atoms with Crippen LogP contribution in [0.15, 0.2) is 18.5 Å². The third-order valence-electron chi connectivity index (χ3n) is 5.25. The number of likely N-dealkylation sites (tertiary alicyclic amines) is 2. The summed E-state index contributed by atoms with van der Waals surface area (Å²) in [6.45, 7) is 1.27. The molecule has 3 fully saturated rings. The van der Waals surface area contributed by atoms with E-state index in [9.17, 15) is 14.0 Å². The van der Waals surface area contributed by atoms with Gasteiger partial charge < -0.3 is 9.80 Å². The van der Waals surface area contributed by atoms with Gasteiger partial charge in [0, 0.05) is 37.8 Å². The number of carbonyl (C=O) groups is 2. The molecule has 6 heteroatoms. The Morgan fingerprint density at radius 1 is 1.22 bits per heavy atom. The molecule has 0 bridgehead atoms. The van der Waals surface area contributed by atoms with Gasteiger partial charge in [0.2, 0.25) is 5.91 Å². The van der Waals surface area contributed by atoms with Gasteiger partial charge in [-0.15, -0.1) is 0 Å². The fraction of sp³-hybridized carbons (Fsp3) is 0.588. The summed E-state index contributed by atoms with van der Waals surface area (Å²) >= 11 is 0. The van der Waals surface area contributed by atoms with Gasteiger partial charge in [-0.3, -0.25) is 14.6 Å². The third-order valence-corrected chi connectivity index (χ3v) is 5.25. The van der Waals surface area contributed by atoms with E-state index in [1.807, 2.05) is 0 Å². The molecule has 4 rings (SSSR count). The van der Waals surface area contributed by atoms with E-state index in [1.54, 1.807) is 4.90 Å². The molecule has 0 aromatic carbocycles. The minimum atomic E-state index is -0.492. The number of amides is 2. The number of carbonyl (C=O) groups excluding carboxylic acids is 2. The van der Waals surface area contributed by atoms with Gasteiger partial charge in [-0.25, -0.2) is 4.39 Å². The molecule has 0 unspecified atom stereocenters. The number of hydrogen-bond acceptors (Lipinski definition) is 3. The van der Waals surface area contributed by atoms with Crippen LogP contribution in [-0.4, -0.2) is 51.8 Å². The molecular formula is C17H20FN3O2. The minimum Gasteiger partial charge on any atom is -0.338 e. The lowest BCUT2D eigenvalue weighted by molar-refractivity contribution is -0.141. The van der Waals surface area contributed by atoms with E-state index < -0.39 is 5.82 Å². The van der Waals surface area contributed by atoms with Gasteiger partial charge in [0.1, 0.15) is 5.82 Å². The van der Waals surface area contributed by atoms with Crippen molar-refractivity contribution < 1.29 is 14.0 Å². The second-order valence-corrected chi connectivity index (χ2v) is 6.83. The van der Waals surface area contributed by atoms with Crippen molar-refractivity contribution in [3.63, 3.8) is 0 Å². The average Bonchev–Trinajstić information content (AvgIpc) is 3.38. The normalized spacial score (nSPS) is 27.8. The lowest BCUT2D eigenvalue weighted by atomic mass is 9.83. The lowest BCUT2D eigenvalue weighted by Gasteiger charge is -2.47. The molecule has 3 aliphatic rings. The molecule has 23 heavy (non-hydrogen) atoms. The molecule has 1 aromatic heterocycles. The second-order valence-electron chi connectivity index (χ2n) is 6.83. The van der Waals surface area contributed by atoms with E-state index in [-0.39, 0.29) is 17.9 Å². The van der Waals surface area contributed by atoms with Gasteiger partial charge in [-0.1, -0.05) is 0 Å². The summed E-state index contributed by atoms with van der Waals surface area (Å²) in [6, 6.07) is 1.95. The van der Waals surface area contributed by atoms with Crippen LogP contribution in [0.4, 0.5) is 4.39 Å². The zero-order valence-electron chi connectivity index (χ0n) is 12.9. The van der Waals surface area contributed by atoms with E-state index in [4.69, 9.17) is 0 Å². The van der Waals surface area contributed by atoms with E-state index in [0.29, 0.717) is 37.0 Å². The van der Waals surface area contributed by atoms with E-state index in [0.717, 1.165) is 31.9 Å². The van der Waals surface area contributed by atoms with Crippen LogP contribution in [-0.2, 0) is 4.79 Å². The predicted octanol–water partition coefficient (Wildman–Crippen LogP) is 1.84. The summed E-state index contributed by atoms with van der Waals surface area (Å²) in [5.74, 6) is -0.0328. The molecule has 2 saturated heterocycles. The topological polar surface area (TPSA) is 53.5 Å². The highest BCUT2D eigenvalue weighted by Gasteiger charge is 2.45. The Bertz CT molecular complexity index is 646. The number of piperidine rings is 2. The lowest BCUT2D eigenvalue weighted by Crippen LogP contribution is -2.57. The summed E-state index contributed by atoms with van der Waals surface area (Å²) in [5.41, 5.74) is 0.300. The molecular weight excluding hydrogens is 297 g/mol. The van der Waals surface area contributed by atoms with Crippen molar-refractivity contribution in [2.24, 2.45) is 5.92 Å². The Labute approximate surface area is 134 Å². The molecule has 0 spiro atoms. The van der Waals surface area contributed by atoms with Crippen molar-refractivity contribution in [3.05, 3.63) is 29.8 Å². The molecule has 2 atom stereocenters. The van der Waals surface area contributed by atoms with Crippen LogP contribution in [0.1, 0.15) is 42.5 Å². The van der Waals surface area contributed by atoms with Crippen LogP contribution in [0.25, 0.3) is 0 Å². The van der Waals surface area contributed by atoms with Gasteiger partial charge in [0.15, 0.2) is 0 Å². The first kappa shape index (κ1) is 14.6. The monoisotopic (exact) mass is 317 g/mol. The second kappa shape index (κ2) is 5.58. The third kappa shape index (κ3) is 2.71. The number of hydrogen-bond donors (Lipinski definition) is 0. The van der Waals surface area contributed by atoms with Crippen molar-refractivity contribution in [1.82, 2.24) is 14.8 Å². The zero-order chi connectivity index (χ0) is 16.0. The van der Waals surface area contributed by atoms with Gasteiger partial charge in [0.05, 0.1) is 11.8 Å². The Kier molecular flexibility index (Phi) is 3.54. The maximum Gasteiger partial charge on any atom is 0.255 e. The molecule has 2 aliphatic heterocycles. The highest BCUT2D eigenvalue weighted by molar-refractivity contribution is 5.94. The van der Waals surface area contributed by atoms with Crippen molar-refractivity contribution in [2.45, 2.75) is 44.2 Å². The smallest absolute Gasteiger partial charge is 0.255 e. The summed E-state index contributed by atoms with van der Waals surface area (Å²) in [6.07, 6.45) is 7.00. The van der Waals surface area contributed by atoms with Gasteiger partial charge in [-0.2, -0.15) is 0 Å². The summed E-state index contributed by atoms with van der Waals surface area (Å²) in [5, 5.41) is 0. The molecule has 1 aliphatic carbocycles. The van der Waals surface area contributed by atoms with Crippen LogP contribution in [0.2, 0.25) is 0 Å². The predicted molar refractivity (Wildman–Crippen MR) is 81.1 cm³/mol. The van der Waals surface area contributed by atoms with Crippen LogP contribution >= 0.6 is 0 Å². The van der Waals surface area contributed by atoms with Crippen molar-refractivity contribution in [2.75, 3.05) is 13.1 Å². The minimum absolute atomic E-state index is 0.162. The van der Waals surface area contributed by atoms with Crippen LogP contribution in [0.3, 0.4) is 0 Å². The van der Waals surface area contributed by atoms with Gasteiger partial charge in [0.25, 0.3) is 5.91 Å². The summed E-state index contributed by atoms with van der Waals surface area (Å²) < 4.78 is 13.3. The van der Waals surface area contributed by atoms with Crippen LogP contribution in [0.5, 0.6) is 0 Å². The van der Waals surface area contributed by atoms with Crippen LogP contribution < -0.4 is 0 Å². The molecule has 1 aromatic rings. The number of halogens is 1. The van der Waals surface area contributed by atoms with E-state index >= 15 is 0 Å². The first-order chi connectivity index (χ1) is 11.1. The summed E-state index contributed by atoms with van der Waals surface area (Å²) in [4.78, 5) is 32.4. The number of fused-ring (bicyclic) bond motifs is 1. The Morgan fingerprint density at radius 2 is 2.04 bits per heavy atom. The van der Waals surface area contributed by atoms with Crippen molar-refractivity contribution >= 4 is 11.8 Å². The number of pyridine rings is 1. The van der Waals surface area contributed by atoms with Gasteiger partial charge in [-0.05, 0) is 37.7 Å². The Morgan fingerprint density at radius 3 is 2.78 bits per heavy atom. The Hall–Kier alpha value is -1.98. The standard InChI is InChI=1S/C17H20FN3O2/c18-13-7-12(8-19-9-13)17(23)20-6-5-15-11(10-20)1-4-16(22)21(15)14-2-3-14/h7-9,11,14-15H,1-6,10H2/t11-,15+/m0/s1. The van der Waals surface area contributed by atoms with Crippen molar-refractivity contribution in [1.29, 1.82) is 0 Å². The molecule has 122 valence electrons. The fourth-order valence-electron chi connectivity index (χ4n) is 4.02. The Balaban J connectivity index is 1.48. The van der Waals surface area contributed by atoms with Crippen LogP contribution in [0, 0.1) is 11.7 Å². The molecule has 0 N–H and O–H groups in total. The SMILES string of the molecule is O=C(c1cncc(F)c1)N1CC[C@@H]2[C@@H](CCC(=O)N2C2CC2)C1. The van der Waals surface area contributed by atoms with E-state index in [1.165, 1.54) is 12.3 Å². The number of nitrogens with zero attached hydrogens (tertiary/aromatic N) is 3. The maximum absolute atomic E-state index is 13.3. The molecule has 2 amide bonds. The number of rotatable bonds is 2. The molecule has 3 heterocycles. The first-order valence-electron chi connectivity index (χ1n) is 8.34.